The molecule has 0 aromatic heterocycles. The van der Waals surface area contributed by atoms with Gasteiger partial charge in [-0.3, -0.25) is 0 Å². The Hall–Kier alpha value is -0.590. The first kappa shape index (κ1) is 8.51. The van der Waals surface area contributed by atoms with E-state index in [1.54, 1.807) is 0 Å². The molecule has 1 fully saturated rings. The van der Waals surface area contributed by atoms with E-state index in [1.807, 2.05) is 0 Å². The van der Waals surface area contributed by atoms with Gasteiger partial charge in [0.15, 0.2) is 0 Å². The highest BCUT2D eigenvalue weighted by atomic mass is 15.1. The molecule has 1 rings (SSSR count). The lowest BCUT2D eigenvalue weighted by Crippen LogP contribution is -2.49. The van der Waals surface area contributed by atoms with Crippen molar-refractivity contribution in [1.82, 2.24) is 4.90 Å². The molecule has 0 aliphatic heterocycles. The second-order valence-corrected chi connectivity index (χ2v) is 3.27. The van der Waals surface area contributed by atoms with Gasteiger partial charge in [0.05, 0.1) is 6.07 Å². The summed E-state index contributed by atoms with van der Waals surface area (Å²) in [5.41, 5.74) is 5.64. The first-order chi connectivity index (χ1) is 5.24. The van der Waals surface area contributed by atoms with E-state index in [-0.39, 0.29) is 0 Å². The van der Waals surface area contributed by atoms with Crippen LogP contribution >= 0.6 is 0 Å². The zero-order chi connectivity index (χ0) is 8.27. The summed E-state index contributed by atoms with van der Waals surface area (Å²) < 4.78 is 0. The predicted molar refractivity (Wildman–Crippen MR) is 43.9 cm³/mol. The van der Waals surface area contributed by atoms with E-state index in [0.717, 1.165) is 19.4 Å². The molecule has 0 amide bonds. The molecule has 0 unspecified atom stereocenters. The summed E-state index contributed by atoms with van der Waals surface area (Å²) in [5, 5.41) is 8.34. The van der Waals surface area contributed by atoms with Crippen molar-refractivity contribution >= 4 is 0 Å². The van der Waals surface area contributed by atoms with Crippen LogP contribution in [0.1, 0.15) is 19.3 Å². The molecule has 1 saturated carbocycles. The van der Waals surface area contributed by atoms with Gasteiger partial charge in [0, 0.05) is 25.0 Å². The van der Waals surface area contributed by atoms with Gasteiger partial charge in [-0.1, -0.05) is 0 Å². The Morgan fingerprint density at radius 1 is 1.64 bits per heavy atom. The van der Waals surface area contributed by atoms with E-state index in [4.69, 9.17) is 11.0 Å². The maximum absolute atomic E-state index is 8.34. The van der Waals surface area contributed by atoms with Crippen LogP contribution in [0.15, 0.2) is 0 Å². The van der Waals surface area contributed by atoms with Gasteiger partial charge in [-0.2, -0.15) is 5.26 Å². The summed E-state index contributed by atoms with van der Waals surface area (Å²) in [4.78, 5) is 2.23. The molecule has 0 atom stereocenters. The fourth-order valence-corrected chi connectivity index (χ4v) is 1.40. The summed E-state index contributed by atoms with van der Waals surface area (Å²) in [7, 11) is 2.06. The molecular weight excluding hydrogens is 138 g/mol. The second-order valence-electron chi connectivity index (χ2n) is 3.27. The van der Waals surface area contributed by atoms with Gasteiger partial charge >= 0.3 is 0 Å². The van der Waals surface area contributed by atoms with E-state index in [1.165, 1.54) is 0 Å². The fourth-order valence-electron chi connectivity index (χ4n) is 1.40. The molecule has 3 nitrogen and oxygen atoms in total. The molecule has 0 bridgehead atoms. The summed E-state index contributed by atoms with van der Waals surface area (Å²) in [5.74, 6) is 0. The smallest absolute Gasteiger partial charge is 0.0635 e. The van der Waals surface area contributed by atoms with Gasteiger partial charge in [-0.15, -0.1) is 0 Å². The third-order valence-corrected chi connectivity index (χ3v) is 2.35. The van der Waals surface area contributed by atoms with E-state index >= 15 is 0 Å². The molecule has 0 aromatic carbocycles. The number of hydrogen-bond donors (Lipinski definition) is 1. The van der Waals surface area contributed by atoms with E-state index in [0.29, 0.717) is 18.5 Å². The zero-order valence-corrected chi connectivity index (χ0v) is 6.95. The Bertz CT molecular complexity index is 155. The molecule has 1 aliphatic rings. The largest absolute Gasteiger partial charge is 0.328 e. The van der Waals surface area contributed by atoms with Crippen LogP contribution < -0.4 is 5.73 Å². The van der Waals surface area contributed by atoms with Crippen LogP contribution in [0.5, 0.6) is 0 Å². The molecule has 1 aliphatic carbocycles. The maximum atomic E-state index is 8.34. The van der Waals surface area contributed by atoms with Crippen molar-refractivity contribution < 1.29 is 0 Å². The summed E-state index contributed by atoms with van der Waals surface area (Å²) in [6.45, 7) is 0.883. The van der Waals surface area contributed by atoms with Gasteiger partial charge in [0.2, 0.25) is 0 Å². The molecular formula is C8H15N3. The zero-order valence-electron chi connectivity index (χ0n) is 6.95. The summed E-state index contributed by atoms with van der Waals surface area (Å²) in [6.07, 6.45) is 2.83. The van der Waals surface area contributed by atoms with E-state index in [2.05, 4.69) is 18.0 Å². The maximum Gasteiger partial charge on any atom is 0.0635 e. The molecule has 62 valence electrons. The Labute approximate surface area is 67.8 Å². The standard InChI is InChI=1S/C8H15N3/c1-11(4-2-3-9)8-5-7(10)6-8/h7-8H,2,4-6,10H2,1H3. The number of rotatable bonds is 3. The highest BCUT2D eigenvalue weighted by molar-refractivity contribution is 4.89. The van der Waals surface area contributed by atoms with Crippen molar-refractivity contribution in [3.8, 4) is 6.07 Å². The highest BCUT2D eigenvalue weighted by Gasteiger charge is 2.28. The first-order valence-electron chi connectivity index (χ1n) is 4.07. The van der Waals surface area contributed by atoms with Gasteiger partial charge in [-0.05, 0) is 19.9 Å². The van der Waals surface area contributed by atoms with Crippen LogP contribution in [-0.2, 0) is 0 Å². The minimum Gasteiger partial charge on any atom is -0.328 e. The molecule has 0 aromatic rings. The van der Waals surface area contributed by atoms with Crippen molar-refractivity contribution in [1.29, 1.82) is 5.26 Å². The van der Waals surface area contributed by atoms with Crippen LogP contribution in [0, 0.1) is 11.3 Å². The van der Waals surface area contributed by atoms with Crippen molar-refractivity contribution in [2.45, 2.75) is 31.3 Å². The molecule has 3 heteroatoms. The van der Waals surface area contributed by atoms with Gasteiger partial charge in [-0.25, -0.2) is 0 Å². The van der Waals surface area contributed by atoms with Gasteiger partial charge < -0.3 is 10.6 Å². The highest BCUT2D eigenvalue weighted by Crippen LogP contribution is 2.22. The topological polar surface area (TPSA) is 53.0 Å². The average molecular weight is 153 g/mol. The van der Waals surface area contributed by atoms with Crippen LogP contribution in [0.3, 0.4) is 0 Å². The Balaban J connectivity index is 2.12. The minimum absolute atomic E-state index is 0.407. The quantitative estimate of drug-likeness (QED) is 0.635. The van der Waals surface area contributed by atoms with Crippen LogP contribution in [0.4, 0.5) is 0 Å². The third-order valence-electron chi connectivity index (χ3n) is 2.35. The Morgan fingerprint density at radius 3 is 2.73 bits per heavy atom. The predicted octanol–water partition coefficient (Wildman–Crippen LogP) is 0.322. The minimum atomic E-state index is 0.407. The number of nitrogens with zero attached hydrogens (tertiary/aromatic N) is 2. The average Bonchev–Trinajstić information content (AvgIpc) is 1.94. The molecule has 0 heterocycles. The lowest BCUT2D eigenvalue weighted by Gasteiger charge is -2.39. The van der Waals surface area contributed by atoms with Crippen molar-refractivity contribution in [2.75, 3.05) is 13.6 Å². The summed E-state index contributed by atoms with van der Waals surface area (Å²) in [6, 6.07) is 3.18. The SMILES string of the molecule is CN(CCC#N)C1CC(N)C1. The number of nitriles is 1. The normalized spacial score (nSPS) is 29.6. The molecule has 0 saturated heterocycles. The lowest BCUT2D eigenvalue weighted by molar-refractivity contribution is 0.142. The molecule has 2 N–H and O–H groups in total. The first-order valence-corrected chi connectivity index (χ1v) is 4.07. The number of nitrogens with two attached hydrogens (primary N) is 1. The van der Waals surface area contributed by atoms with Crippen molar-refractivity contribution in [3.63, 3.8) is 0 Å². The lowest BCUT2D eigenvalue weighted by atomic mass is 9.86. The van der Waals surface area contributed by atoms with Crippen LogP contribution in [-0.4, -0.2) is 30.6 Å². The van der Waals surface area contributed by atoms with Crippen LogP contribution in [0.25, 0.3) is 0 Å². The van der Waals surface area contributed by atoms with Gasteiger partial charge in [0.25, 0.3) is 0 Å². The van der Waals surface area contributed by atoms with Crippen molar-refractivity contribution in [2.24, 2.45) is 5.73 Å². The monoisotopic (exact) mass is 153 g/mol. The van der Waals surface area contributed by atoms with Crippen molar-refractivity contribution in [3.05, 3.63) is 0 Å². The second kappa shape index (κ2) is 3.70. The Kier molecular flexibility index (Phi) is 2.86. The summed E-state index contributed by atoms with van der Waals surface area (Å²) >= 11 is 0. The molecule has 0 radical (unpaired) electrons. The molecule has 11 heavy (non-hydrogen) atoms. The van der Waals surface area contributed by atoms with Gasteiger partial charge in [0.1, 0.15) is 0 Å². The van der Waals surface area contributed by atoms with E-state index < -0.39 is 0 Å². The molecule has 0 spiro atoms. The fraction of sp³-hybridized carbons (Fsp3) is 0.875. The Morgan fingerprint density at radius 2 is 2.27 bits per heavy atom. The van der Waals surface area contributed by atoms with E-state index in [9.17, 15) is 0 Å². The third kappa shape index (κ3) is 2.18. The van der Waals surface area contributed by atoms with Crippen LogP contribution in [0.2, 0.25) is 0 Å². The number of hydrogen-bond acceptors (Lipinski definition) is 3.